The van der Waals surface area contributed by atoms with E-state index in [1.165, 1.54) is 0 Å². The molecule has 0 bridgehead atoms. The summed E-state index contributed by atoms with van der Waals surface area (Å²) in [5.41, 5.74) is 0.767. The van der Waals surface area contributed by atoms with Crippen LogP contribution in [0.2, 0.25) is 0 Å². The van der Waals surface area contributed by atoms with Crippen LogP contribution in [-0.2, 0) is 4.79 Å². The topological polar surface area (TPSA) is 50.4 Å². The van der Waals surface area contributed by atoms with Gasteiger partial charge in [0.2, 0.25) is 5.91 Å². The first-order chi connectivity index (χ1) is 8.81. The number of para-hydroxylation sites is 2. The van der Waals surface area contributed by atoms with E-state index in [-0.39, 0.29) is 11.8 Å². The molecule has 4 heteroatoms. The van der Waals surface area contributed by atoms with Gasteiger partial charge in [0, 0.05) is 5.92 Å². The summed E-state index contributed by atoms with van der Waals surface area (Å²) in [7, 11) is 0. The van der Waals surface area contributed by atoms with E-state index < -0.39 is 0 Å². The van der Waals surface area contributed by atoms with Gasteiger partial charge in [-0.1, -0.05) is 12.1 Å². The Morgan fingerprint density at radius 1 is 1.39 bits per heavy atom. The molecule has 0 radical (unpaired) electrons. The van der Waals surface area contributed by atoms with Crippen molar-refractivity contribution in [3.63, 3.8) is 0 Å². The molecule has 1 fully saturated rings. The lowest BCUT2D eigenvalue weighted by atomic mass is 9.97. The van der Waals surface area contributed by atoms with Crippen molar-refractivity contribution in [3.05, 3.63) is 24.3 Å². The summed E-state index contributed by atoms with van der Waals surface area (Å²) in [6.07, 6.45) is 1.81. The van der Waals surface area contributed by atoms with E-state index >= 15 is 0 Å². The van der Waals surface area contributed by atoms with Crippen LogP contribution in [0.25, 0.3) is 0 Å². The summed E-state index contributed by atoms with van der Waals surface area (Å²) in [5, 5.41) is 6.23. The predicted octanol–water partition coefficient (Wildman–Crippen LogP) is 2.02. The average molecular weight is 248 g/mol. The van der Waals surface area contributed by atoms with Gasteiger partial charge < -0.3 is 15.4 Å². The summed E-state index contributed by atoms with van der Waals surface area (Å²) in [6.45, 7) is 4.38. The smallest absolute Gasteiger partial charge is 0.227 e. The van der Waals surface area contributed by atoms with Gasteiger partial charge in [-0.2, -0.15) is 0 Å². The Kier molecular flexibility index (Phi) is 4.59. The Balaban J connectivity index is 2.01. The SMILES string of the molecule is CCOc1ccccc1NC(=O)C1CCNCC1. The van der Waals surface area contributed by atoms with E-state index in [0.717, 1.165) is 37.4 Å². The fourth-order valence-electron chi connectivity index (χ4n) is 2.17. The maximum Gasteiger partial charge on any atom is 0.227 e. The fraction of sp³-hybridized carbons (Fsp3) is 0.500. The van der Waals surface area contributed by atoms with Crippen molar-refractivity contribution in [2.45, 2.75) is 19.8 Å². The van der Waals surface area contributed by atoms with Gasteiger partial charge in [0.05, 0.1) is 12.3 Å². The Bertz CT molecular complexity index is 401. The largest absolute Gasteiger partial charge is 0.492 e. The van der Waals surface area contributed by atoms with E-state index in [2.05, 4.69) is 10.6 Å². The van der Waals surface area contributed by atoms with E-state index in [4.69, 9.17) is 4.74 Å². The highest BCUT2D eigenvalue weighted by Crippen LogP contribution is 2.25. The van der Waals surface area contributed by atoms with Crippen molar-refractivity contribution < 1.29 is 9.53 Å². The van der Waals surface area contributed by atoms with Gasteiger partial charge >= 0.3 is 0 Å². The number of amides is 1. The first-order valence-corrected chi connectivity index (χ1v) is 6.54. The lowest BCUT2D eigenvalue weighted by Gasteiger charge is -2.22. The summed E-state index contributed by atoms with van der Waals surface area (Å²) in [6, 6.07) is 7.57. The molecule has 0 saturated carbocycles. The van der Waals surface area contributed by atoms with Gasteiger partial charge in [0.1, 0.15) is 5.75 Å². The fourth-order valence-corrected chi connectivity index (χ4v) is 2.17. The average Bonchev–Trinajstić information content (AvgIpc) is 2.42. The highest BCUT2D eigenvalue weighted by atomic mass is 16.5. The molecule has 18 heavy (non-hydrogen) atoms. The van der Waals surface area contributed by atoms with Crippen LogP contribution >= 0.6 is 0 Å². The third-order valence-corrected chi connectivity index (χ3v) is 3.15. The number of benzene rings is 1. The number of hydrogen-bond donors (Lipinski definition) is 2. The molecule has 1 aliphatic heterocycles. The molecule has 0 unspecified atom stereocenters. The molecule has 0 spiro atoms. The second kappa shape index (κ2) is 6.40. The molecule has 98 valence electrons. The third-order valence-electron chi connectivity index (χ3n) is 3.15. The molecule has 0 aromatic heterocycles. The Labute approximate surface area is 108 Å². The number of nitrogens with one attached hydrogen (secondary N) is 2. The monoisotopic (exact) mass is 248 g/mol. The van der Waals surface area contributed by atoms with Crippen LogP contribution in [-0.4, -0.2) is 25.6 Å². The normalized spacial score (nSPS) is 16.3. The minimum atomic E-state index is 0.101. The molecule has 1 aromatic rings. The minimum Gasteiger partial charge on any atom is -0.492 e. The van der Waals surface area contributed by atoms with Crippen molar-refractivity contribution in [2.75, 3.05) is 25.0 Å². The van der Waals surface area contributed by atoms with Gasteiger partial charge in [-0.05, 0) is 45.0 Å². The molecule has 1 aromatic carbocycles. The second-order valence-corrected chi connectivity index (χ2v) is 4.44. The molecule has 2 N–H and O–H groups in total. The number of rotatable bonds is 4. The Morgan fingerprint density at radius 3 is 2.83 bits per heavy atom. The number of anilines is 1. The molecule has 1 heterocycles. The van der Waals surface area contributed by atoms with Crippen LogP contribution in [0.4, 0.5) is 5.69 Å². The zero-order chi connectivity index (χ0) is 12.8. The molecule has 1 amide bonds. The summed E-state index contributed by atoms with van der Waals surface area (Å²) >= 11 is 0. The molecular weight excluding hydrogens is 228 g/mol. The lowest BCUT2D eigenvalue weighted by Crippen LogP contribution is -2.34. The first kappa shape index (κ1) is 12.9. The van der Waals surface area contributed by atoms with E-state index in [1.54, 1.807) is 0 Å². The maximum absolute atomic E-state index is 12.1. The van der Waals surface area contributed by atoms with Crippen LogP contribution in [0.15, 0.2) is 24.3 Å². The molecule has 2 rings (SSSR count). The standard InChI is InChI=1S/C14H20N2O2/c1-2-18-13-6-4-3-5-12(13)16-14(17)11-7-9-15-10-8-11/h3-6,11,15H,2,7-10H2,1H3,(H,16,17). The third kappa shape index (κ3) is 3.23. The molecule has 1 aliphatic rings. The van der Waals surface area contributed by atoms with Crippen molar-refractivity contribution in [1.29, 1.82) is 0 Å². The maximum atomic E-state index is 12.1. The predicted molar refractivity (Wildman–Crippen MR) is 71.8 cm³/mol. The van der Waals surface area contributed by atoms with Crippen LogP contribution < -0.4 is 15.4 Å². The highest BCUT2D eigenvalue weighted by Gasteiger charge is 2.21. The molecule has 0 aliphatic carbocycles. The molecule has 4 nitrogen and oxygen atoms in total. The van der Waals surface area contributed by atoms with Crippen molar-refractivity contribution >= 4 is 11.6 Å². The number of carbonyl (C=O) groups excluding carboxylic acids is 1. The Hall–Kier alpha value is -1.55. The lowest BCUT2D eigenvalue weighted by molar-refractivity contribution is -0.120. The molecular formula is C14H20N2O2. The summed E-state index contributed by atoms with van der Waals surface area (Å²) in [4.78, 5) is 12.1. The minimum absolute atomic E-state index is 0.101. The van der Waals surface area contributed by atoms with Crippen LogP contribution in [0.3, 0.4) is 0 Å². The van der Waals surface area contributed by atoms with Gasteiger partial charge in [0.25, 0.3) is 0 Å². The number of piperidine rings is 1. The van der Waals surface area contributed by atoms with Gasteiger partial charge in [-0.25, -0.2) is 0 Å². The van der Waals surface area contributed by atoms with Crippen molar-refractivity contribution in [1.82, 2.24) is 5.32 Å². The molecule has 1 saturated heterocycles. The zero-order valence-electron chi connectivity index (χ0n) is 10.7. The first-order valence-electron chi connectivity index (χ1n) is 6.54. The van der Waals surface area contributed by atoms with Crippen LogP contribution in [0.1, 0.15) is 19.8 Å². The Morgan fingerprint density at radius 2 is 2.11 bits per heavy atom. The van der Waals surface area contributed by atoms with Gasteiger partial charge in [-0.15, -0.1) is 0 Å². The van der Waals surface area contributed by atoms with Crippen molar-refractivity contribution in [3.8, 4) is 5.75 Å². The number of carbonyl (C=O) groups is 1. The van der Waals surface area contributed by atoms with Crippen molar-refractivity contribution in [2.24, 2.45) is 5.92 Å². The quantitative estimate of drug-likeness (QED) is 0.857. The number of ether oxygens (including phenoxy) is 1. The van der Waals surface area contributed by atoms with E-state index in [1.807, 2.05) is 31.2 Å². The molecule has 0 atom stereocenters. The van der Waals surface area contributed by atoms with Gasteiger partial charge in [-0.3, -0.25) is 4.79 Å². The van der Waals surface area contributed by atoms with Crippen LogP contribution in [0, 0.1) is 5.92 Å². The summed E-state index contributed by atoms with van der Waals surface area (Å²) < 4.78 is 5.50. The second-order valence-electron chi connectivity index (χ2n) is 4.44. The number of hydrogen-bond acceptors (Lipinski definition) is 3. The summed E-state index contributed by atoms with van der Waals surface area (Å²) in [5.74, 6) is 0.951. The van der Waals surface area contributed by atoms with E-state index in [0.29, 0.717) is 6.61 Å². The van der Waals surface area contributed by atoms with E-state index in [9.17, 15) is 4.79 Å². The zero-order valence-corrected chi connectivity index (χ0v) is 10.7. The van der Waals surface area contributed by atoms with Crippen LogP contribution in [0.5, 0.6) is 5.75 Å². The highest BCUT2D eigenvalue weighted by molar-refractivity contribution is 5.94. The van der Waals surface area contributed by atoms with Gasteiger partial charge in [0.15, 0.2) is 0 Å².